The number of aliphatic carboxylic acids is 1. The Morgan fingerprint density at radius 1 is 1.24 bits per heavy atom. The molecule has 6 nitrogen and oxygen atoms in total. The van der Waals surface area contributed by atoms with Crippen LogP contribution < -0.4 is 0 Å². The second-order valence-electron chi connectivity index (χ2n) is 7.27. The molecule has 2 fully saturated rings. The van der Waals surface area contributed by atoms with Crippen LogP contribution in [0, 0.1) is 13.8 Å². The lowest BCUT2D eigenvalue weighted by molar-refractivity contribution is -0.139. The van der Waals surface area contributed by atoms with Crippen LogP contribution in [0.4, 0.5) is 0 Å². The highest BCUT2D eigenvalue weighted by Gasteiger charge is 2.32. The molecule has 0 spiro atoms. The first-order valence-corrected chi connectivity index (χ1v) is 9.28. The van der Waals surface area contributed by atoms with Crippen LogP contribution in [0.15, 0.2) is 6.07 Å². The minimum Gasteiger partial charge on any atom is -0.481 e. The Hall–Kier alpha value is -1.82. The molecule has 0 aromatic carbocycles. The molecule has 1 N–H and O–H groups in total. The third-order valence-corrected chi connectivity index (χ3v) is 5.55. The quantitative estimate of drug-likeness (QED) is 0.908. The summed E-state index contributed by atoms with van der Waals surface area (Å²) in [6.45, 7) is 5.28. The Kier molecular flexibility index (Phi) is 5.47. The number of nitrogens with zero attached hydrogens (tertiary/aromatic N) is 2. The van der Waals surface area contributed by atoms with Crippen LogP contribution in [0.5, 0.6) is 0 Å². The number of ether oxygens (including phenoxy) is 1. The van der Waals surface area contributed by atoms with Crippen LogP contribution in [-0.2, 0) is 9.53 Å². The lowest BCUT2D eigenvalue weighted by Crippen LogP contribution is -2.49. The first-order valence-electron chi connectivity index (χ1n) is 9.28. The topological polar surface area (TPSA) is 71.8 Å². The fourth-order valence-electron chi connectivity index (χ4n) is 4.34. The van der Waals surface area contributed by atoms with E-state index in [0.29, 0.717) is 31.4 Å². The maximum absolute atomic E-state index is 13.1. The van der Waals surface area contributed by atoms with E-state index >= 15 is 0 Å². The molecule has 2 heterocycles. The average Bonchev–Trinajstić information content (AvgIpc) is 2.89. The average molecular weight is 348 g/mol. The van der Waals surface area contributed by atoms with Crippen LogP contribution in [0.3, 0.4) is 0 Å². The van der Waals surface area contributed by atoms with E-state index in [1.165, 1.54) is 32.1 Å². The second kappa shape index (κ2) is 7.60. The number of amides is 1. The number of carbonyl (C=O) groups excluding carboxylic acids is 1. The van der Waals surface area contributed by atoms with Crippen molar-refractivity contribution < 1.29 is 19.4 Å². The van der Waals surface area contributed by atoms with Gasteiger partial charge in [0.2, 0.25) is 0 Å². The molecule has 1 amide bonds. The normalized spacial score (nSPS) is 22.2. The van der Waals surface area contributed by atoms with Gasteiger partial charge >= 0.3 is 5.97 Å². The van der Waals surface area contributed by atoms with Crippen LogP contribution in [0.2, 0.25) is 0 Å². The number of aryl methyl sites for hydroxylation is 1. The summed E-state index contributed by atoms with van der Waals surface area (Å²) >= 11 is 0. The predicted octanol–water partition coefficient (Wildman–Crippen LogP) is 2.93. The monoisotopic (exact) mass is 348 g/mol. The summed E-state index contributed by atoms with van der Waals surface area (Å²) in [5.74, 6) is -0.967. The molecule has 1 saturated carbocycles. The van der Waals surface area contributed by atoms with Crippen molar-refractivity contribution in [2.75, 3.05) is 19.8 Å². The zero-order chi connectivity index (χ0) is 18.0. The molecule has 3 rings (SSSR count). The largest absolute Gasteiger partial charge is 0.481 e. The van der Waals surface area contributed by atoms with Crippen LogP contribution in [-0.4, -0.2) is 52.3 Å². The number of morpholine rings is 1. The molecule has 6 heteroatoms. The van der Waals surface area contributed by atoms with Gasteiger partial charge in [0, 0.05) is 24.0 Å². The maximum atomic E-state index is 13.1. The molecule has 1 aliphatic heterocycles. The first kappa shape index (κ1) is 18.0. The molecule has 0 bridgehead atoms. The zero-order valence-corrected chi connectivity index (χ0v) is 15.2. The highest BCUT2D eigenvalue weighted by atomic mass is 16.5. The Morgan fingerprint density at radius 3 is 2.64 bits per heavy atom. The highest BCUT2D eigenvalue weighted by Crippen LogP contribution is 2.32. The number of carboxylic acids is 1. The number of hydrogen-bond donors (Lipinski definition) is 1. The smallest absolute Gasteiger partial charge is 0.305 e. The van der Waals surface area contributed by atoms with E-state index in [1.807, 2.05) is 13.0 Å². The third-order valence-electron chi connectivity index (χ3n) is 5.55. The summed E-state index contributed by atoms with van der Waals surface area (Å²) in [6.07, 6.45) is 6.05. The Labute approximate surface area is 148 Å². The van der Waals surface area contributed by atoms with Crippen molar-refractivity contribution in [3.8, 4) is 0 Å². The lowest BCUT2D eigenvalue weighted by Gasteiger charge is -2.35. The summed E-state index contributed by atoms with van der Waals surface area (Å²) in [6, 6.07) is 2.06. The van der Waals surface area contributed by atoms with Gasteiger partial charge in [0.1, 0.15) is 0 Å². The molecule has 1 aliphatic carbocycles. The molecular formula is C19H28N2O4. The van der Waals surface area contributed by atoms with E-state index in [2.05, 4.69) is 11.5 Å². The third kappa shape index (κ3) is 3.73. The predicted molar refractivity (Wildman–Crippen MR) is 93.9 cm³/mol. The first-order chi connectivity index (χ1) is 12.0. The number of carboxylic acid groups (broad SMARTS) is 1. The second-order valence-corrected chi connectivity index (χ2v) is 7.27. The van der Waals surface area contributed by atoms with Gasteiger partial charge in [0.15, 0.2) is 0 Å². The SMILES string of the molecule is Cc1cc(C(=O)N2CCOCC2CC(=O)O)c(C)n1C1CCCCC1. The fraction of sp³-hybridized carbons (Fsp3) is 0.684. The standard InChI is InChI=1S/C19H28N2O4/c1-13-10-17(14(2)21(13)15-6-4-3-5-7-15)19(24)20-8-9-25-12-16(20)11-18(22)23/h10,15-16H,3-9,11-12H2,1-2H3,(H,22,23). The van der Waals surface area contributed by atoms with E-state index in [1.54, 1.807) is 4.90 Å². The van der Waals surface area contributed by atoms with Gasteiger partial charge in [-0.3, -0.25) is 9.59 Å². The van der Waals surface area contributed by atoms with Crippen molar-refractivity contribution >= 4 is 11.9 Å². The van der Waals surface area contributed by atoms with E-state index < -0.39 is 12.0 Å². The van der Waals surface area contributed by atoms with E-state index in [4.69, 9.17) is 9.84 Å². The number of aromatic nitrogens is 1. The Bertz CT molecular complexity index is 646. The summed E-state index contributed by atoms with van der Waals surface area (Å²) < 4.78 is 7.71. The van der Waals surface area contributed by atoms with E-state index in [9.17, 15) is 9.59 Å². The summed E-state index contributed by atoms with van der Waals surface area (Å²) in [4.78, 5) is 25.9. The molecule has 1 aromatic heterocycles. The van der Waals surface area contributed by atoms with Gasteiger partial charge in [-0.25, -0.2) is 0 Å². The van der Waals surface area contributed by atoms with E-state index in [0.717, 1.165) is 11.4 Å². The van der Waals surface area contributed by atoms with Crippen LogP contribution in [0.25, 0.3) is 0 Å². The van der Waals surface area contributed by atoms with Gasteiger partial charge in [-0.05, 0) is 32.8 Å². The minimum atomic E-state index is -0.902. The van der Waals surface area contributed by atoms with Crippen molar-refractivity contribution in [3.05, 3.63) is 23.0 Å². The molecule has 0 radical (unpaired) electrons. The number of carbonyl (C=O) groups is 2. The maximum Gasteiger partial charge on any atom is 0.305 e. The molecule has 2 aliphatic rings. The molecule has 1 unspecified atom stereocenters. The van der Waals surface area contributed by atoms with Gasteiger partial charge in [-0.1, -0.05) is 19.3 Å². The van der Waals surface area contributed by atoms with Crippen molar-refractivity contribution in [2.45, 2.75) is 64.5 Å². The van der Waals surface area contributed by atoms with Crippen LogP contribution >= 0.6 is 0 Å². The van der Waals surface area contributed by atoms with Gasteiger partial charge in [0.25, 0.3) is 5.91 Å². The van der Waals surface area contributed by atoms with Crippen molar-refractivity contribution in [1.82, 2.24) is 9.47 Å². The highest BCUT2D eigenvalue weighted by molar-refractivity contribution is 5.96. The zero-order valence-electron chi connectivity index (χ0n) is 15.2. The summed E-state index contributed by atoms with van der Waals surface area (Å²) in [7, 11) is 0. The molecule has 1 aromatic rings. The molecule has 1 saturated heterocycles. The Morgan fingerprint density at radius 2 is 1.96 bits per heavy atom. The number of hydrogen-bond acceptors (Lipinski definition) is 3. The van der Waals surface area contributed by atoms with Crippen LogP contribution in [0.1, 0.15) is 66.3 Å². The van der Waals surface area contributed by atoms with Crippen molar-refractivity contribution in [1.29, 1.82) is 0 Å². The minimum absolute atomic E-state index is 0.0651. The number of rotatable bonds is 4. The molecule has 138 valence electrons. The molecular weight excluding hydrogens is 320 g/mol. The lowest BCUT2D eigenvalue weighted by atomic mass is 9.95. The van der Waals surface area contributed by atoms with E-state index in [-0.39, 0.29) is 12.3 Å². The Balaban J connectivity index is 1.85. The van der Waals surface area contributed by atoms with Crippen molar-refractivity contribution in [2.24, 2.45) is 0 Å². The van der Waals surface area contributed by atoms with Gasteiger partial charge in [-0.2, -0.15) is 0 Å². The van der Waals surface area contributed by atoms with Gasteiger partial charge in [0.05, 0.1) is 31.2 Å². The van der Waals surface area contributed by atoms with Crippen molar-refractivity contribution in [3.63, 3.8) is 0 Å². The summed E-state index contributed by atoms with van der Waals surface area (Å²) in [5, 5.41) is 9.11. The van der Waals surface area contributed by atoms with Gasteiger partial charge in [-0.15, -0.1) is 0 Å². The summed E-state index contributed by atoms with van der Waals surface area (Å²) in [5.41, 5.74) is 2.84. The fourth-order valence-corrected chi connectivity index (χ4v) is 4.34. The molecule has 25 heavy (non-hydrogen) atoms. The molecule has 1 atom stereocenters. The van der Waals surface area contributed by atoms with Gasteiger partial charge < -0.3 is 19.3 Å².